The molecule has 0 spiro atoms. The van der Waals surface area contributed by atoms with Crippen LogP contribution < -0.4 is 5.32 Å². The molecule has 2 N–H and O–H groups in total. The van der Waals surface area contributed by atoms with Crippen LogP contribution in [0, 0.1) is 0 Å². The van der Waals surface area contributed by atoms with Crippen LogP contribution in [-0.4, -0.2) is 22.1 Å². The van der Waals surface area contributed by atoms with Gasteiger partial charge in [-0.2, -0.15) is 0 Å². The molecule has 2 rings (SSSR count). The van der Waals surface area contributed by atoms with Crippen LogP contribution in [0.2, 0.25) is 0 Å². The molecule has 1 aromatic carbocycles. The fourth-order valence-corrected chi connectivity index (χ4v) is 2.44. The monoisotopic (exact) mass is 262 g/mol. The number of thiazole rings is 1. The predicted molar refractivity (Wildman–Crippen MR) is 72.3 cm³/mol. The molecule has 1 unspecified atom stereocenters. The average Bonchev–Trinajstić information content (AvgIpc) is 2.78. The number of benzene rings is 1. The van der Waals surface area contributed by atoms with E-state index in [1.54, 1.807) is 0 Å². The van der Waals surface area contributed by atoms with E-state index in [-0.39, 0.29) is 10.9 Å². The van der Waals surface area contributed by atoms with E-state index in [0.29, 0.717) is 5.13 Å². The molecule has 0 aliphatic carbocycles. The molecule has 0 radical (unpaired) electrons. The van der Waals surface area contributed by atoms with Gasteiger partial charge < -0.3 is 10.4 Å². The van der Waals surface area contributed by atoms with Crippen molar-refractivity contribution in [2.75, 3.05) is 5.32 Å². The second-order valence-corrected chi connectivity index (χ2v) is 5.10. The van der Waals surface area contributed by atoms with Crippen LogP contribution in [0.4, 0.5) is 5.13 Å². The summed E-state index contributed by atoms with van der Waals surface area (Å²) < 4.78 is 0. The van der Waals surface area contributed by atoms with Gasteiger partial charge in [0.1, 0.15) is 4.88 Å². The van der Waals surface area contributed by atoms with Crippen molar-refractivity contribution in [2.45, 2.75) is 19.4 Å². The zero-order valence-corrected chi connectivity index (χ0v) is 10.8. The van der Waals surface area contributed by atoms with E-state index in [1.807, 2.05) is 18.2 Å². The first-order chi connectivity index (χ1) is 8.65. The number of hydrogen-bond donors (Lipinski definition) is 2. The van der Waals surface area contributed by atoms with E-state index in [1.165, 1.54) is 11.8 Å². The van der Waals surface area contributed by atoms with Gasteiger partial charge in [-0.25, -0.2) is 9.78 Å². The largest absolute Gasteiger partial charge is 0.477 e. The smallest absolute Gasteiger partial charge is 0.347 e. The van der Waals surface area contributed by atoms with E-state index in [4.69, 9.17) is 5.11 Å². The summed E-state index contributed by atoms with van der Waals surface area (Å²) in [5, 5.41) is 12.7. The maximum absolute atomic E-state index is 10.7. The molecule has 2 aromatic rings. The predicted octanol–water partition coefficient (Wildman–Crippen LogP) is 2.88. The van der Waals surface area contributed by atoms with Crippen LogP contribution in [0.15, 0.2) is 36.5 Å². The number of nitrogens with one attached hydrogen (secondary N) is 1. The second kappa shape index (κ2) is 5.64. The van der Waals surface area contributed by atoms with Gasteiger partial charge in [0.05, 0.1) is 6.20 Å². The Balaban J connectivity index is 1.94. The summed E-state index contributed by atoms with van der Waals surface area (Å²) in [4.78, 5) is 15.0. The molecule has 0 bridgehead atoms. The Labute approximate surface area is 109 Å². The van der Waals surface area contributed by atoms with E-state index in [2.05, 4.69) is 29.4 Å². The minimum absolute atomic E-state index is 0.209. The van der Waals surface area contributed by atoms with Gasteiger partial charge in [0.15, 0.2) is 5.13 Å². The van der Waals surface area contributed by atoms with Crippen molar-refractivity contribution in [3.63, 3.8) is 0 Å². The van der Waals surface area contributed by atoms with Gasteiger partial charge in [-0.15, -0.1) is 0 Å². The third-order valence-electron chi connectivity index (χ3n) is 2.47. The van der Waals surface area contributed by atoms with Gasteiger partial charge in [-0.05, 0) is 18.9 Å². The van der Waals surface area contributed by atoms with Crippen molar-refractivity contribution in [2.24, 2.45) is 0 Å². The van der Waals surface area contributed by atoms with Crippen molar-refractivity contribution in [1.82, 2.24) is 4.98 Å². The summed E-state index contributed by atoms with van der Waals surface area (Å²) in [6.45, 7) is 2.05. The molecular weight excluding hydrogens is 248 g/mol. The lowest BCUT2D eigenvalue weighted by atomic mass is 10.1. The summed E-state index contributed by atoms with van der Waals surface area (Å²) in [6, 6.07) is 10.4. The minimum atomic E-state index is -0.934. The number of aromatic carboxylic acids is 1. The number of carbonyl (C=O) groups is 1. The Morgan fingerprint density at radius 2 is 2.17 bits per heavy atom. The number of anilines is 1. The van der Waals surface area contributed by atoms with Crippen molar-refractivity contribution in [3.05, 3.63) is 47.0 Å². The minimum Gasteiger partial charge on any atom is -0.477 e. The lowest BCUT2D eigenvalue weighted by molar-refractivity contribution is 0.0702. The molecule has 0 saturated carbocycles. The quantitative estimate of drug-likeness (QED) is 0.869. The number of nitrogens with zero attached hydrogens (tertiary/aromatic N) is 1. The van der Waals surface area contributed by atoms with E-state index in [0.717, 1.165) is 17.8 Å². The summed E-state index contributed by atoms with van der Waals surface area (Å²) in [5.74, 6) is -0.934. The van der Waals surface area contributed by atoms with Crippen LogP contribution in [0.3, 0.4) is 0 Å². The summed E-state index contributed by atoms with van der Waals surface area (Å²) in [7, 11) is 0. The fourth-order valence-electron chi connectivity index (χ4n) is 1.67. The molecule has 0 aliphatic rings. The third kappa shape index (κ3) is 3.30. The summed E-state index contributed by atoms with van der Waals surface area (Å²) in [5.41, 5.74) is 1.24. The van der Waals surface area contributed by atoms with E-state index in [9.17, 15) is 4.79 Å². The summed E-state index contributed by atoms with van der Waals surface area (Å²) >= 11 is 1.16. The standard InChI is InChI=1S/C13H14N2O2S/c1-9(7-10-5-3-2-4-6-10)15-13-14-8-11(18-13)12(16)17/h2-6,8-9H,7H2,1H3,(H,14,15)(H,16,17). The Hall–Kier alpha value is -1.88. The number of aromatic nitrogens is 1. The normalized spacial score (nSPS) is 12.1. The van der Waals surface area contributed by atoms with Crippen molar-refractivity contribution < 1.29 is 9.90 Å². The molecule has 5 heteroatoms. The number of rotatable bonds is 5. The molecule has 1 heterocycles. The van der Waals surface area contributed by atoms with Crippen LogP contribution in [0.1, 0.15) is 22.2 Å². The first-order valence-corrected chi connectivity index (χ1v) is 6.46. The molecule has 94 valence electrons. The SMILES string of the molecule is CC(Cc1ccccc1)Nc1ncc(C(=O)O)s1. The highest BCUT2D eigenvalue weighted by molar-refractivity contribution is 7.17. The molecule has 0 fully saturated rings. The van der Waals surface area contributed by atoms with Crippen LogP contribution in [-0.2, 0) is 6.42 Å². The molecule has 18 heavy (non-hydrogen) atoms. The zero-order chi connectivity index (χ0) is 13.0. The topological polar surface area (TPSA) is 62.2 Å². The van der Waals surface area contributed by atoms with Crippen LogP contribution in [0.25, 0.3) is 0 Å². The molecule has 4 nitrogen and oxygen atoms in total. The summed E-state index contributed by atoms with van der Waals surface area (Å²) in [6.07, 6.45) is 2.26. The molecule has 0 saturated heterocycles. The van der Waals surface area contributed by atoms with Crippen molar-refractivity contribution in [1.29, 1.82) is 0 Å². The first-order valence-electron chi connectivity index (χ1n) is 5.64. The van der Waals surface area contributed by atoms with E-state index < -0.39 is 5.97 Å². The highest BCUT2D eigenvalue weighted by Crippen LogP contribution is 2.19. The fraction of sp³-hybridized carbons (Fsp3) is 0.231. The van der Waals surface area contributed by atoms with Gasteiger partial charge in [0.2, 0.25) is 0 Å². The number of hydrogen-bond acceptors (Lipinski definition) is 4. The van der Waals surface area contributed by atoms with Crippen LogP contribution in [0.5, 0.6) is 0 Å². The van der Waals surface area contributed by atoms with Gasteiger partial charge in [-0.3, -0.25) is 0 Å². The Morgan fingerprint density at radius 3 is 2.78 bits per heavy atom. The number of carboxylic acids is 1. The third-order valence-corrected chi connectivity index (χ3v) is 3.39. The zero-order valence-electron chi connectivity index (χ0n) is 9.96. The second-order valence-electron chi connectivity index (χ2n) is 4.07. The van der Waals surface area contributed by atoms with Gasteiger partial charge in [0, 0.05) is 6.04 Å². The van der Waals surface area contributed by atoms with Gasteiger partial charge in [0.25, 0.3) is 0 Å². The van der Waals surface area contributed by atoms with Crippen LogP contribution >= 0.6 is 11.3 Å². The lowest BCUT2D eigenvalue weighted by Gasteiger charge is -2.12. The maximum atomic E-state index is 10.7. The number of carboxylic acid groups (broad SMARTS) is 1. The Bertz CT molecular complexity index is 525. The molecule has 1 aromatic heterocycles. The molecule has 1 atom stereocenters. The Kier molecular flexibility index (Phi) is 3.94. The van der Waals surface area contributed by atoms with Crippen molar-refractivity contribution in [3.8, 4) is 0 Å². The van der Waals surface area contributed by atoms with Gasteiger partial charge in [-0.1, -0.05) is 41.7 Å². The highest BCUT2D eigenvalue weighted by atomic mass is 32.1. The Morgan fingerprint density at radius 1 is 1.44 bits per heavy atom. The lowest BCUT2D eigenvalue weighted by Crippen LogP contribution is -2.17. The first kappa shape index (κ1) is 12.6. The highest BCUT2D eigenvalue weighted by Gasteiger charge is 2.10. The average molecular weight is 262 g/mol. The molecular formula is C13H14N2O2S. The van der Waals surface area contributed by atoms with E-state index >= 15 is 0 Å². The van der Waals surface area contributed by atoms with Gasteiger partial charge >= 0.3 is 5.97 Å². The molecule has 0 aliphatic heterocycles. The van der Waals surface area contributed by atoms with Crippen molar-refractivity contribution >= 4 is 22.4 Å². The maximum Gasteiger partial charge on any atom is 0.347 e. The molecule has 0 amide bonds.